The Balaban J connectivity index is 2.52. The van der Waals surface area contributed by atoms with E-state index in [4.69, 9.17) is 34.8 Å². The number of sulfonamides is 1. The number of anilines is 1. The second-order valence-corrected chi connectivity index (χ2v) is 11.8. The molecule has 0 fully saturated rings. The molecular weight excluding hydrogens is 545 g/mol. The normalized spacial score (nSPS) is 13.1. The molecule has 0 radical (unpaired) electrons. The summed E-state index contributed by atoms with van der Waals surface area (Å²) < 4.78 is 26.5. The van der Waals surface area contributed by atoms with Gasteiger partial charge < -0.3 is 10.2 Å². The molecule has 1 N–H and O–H groups in total. The van der Waals surface area contributed by atoms with Crippen LogP contribution in [0.15, 0.2) is 36.4 Å². The van der Waals surface area contributed by atoms with Crippen LogP contribution in [-0.2, 0) is 26.2 Å². The van der Waals surface area contributed by atoms with Crippen LogP contribution in [0.4, 0.5) is 5.69 Å². The molecule has 0 heterocycles. The second kappa shape index (κ2) is 13.0. The molecule has 0 aliphatic rings. The van der Waals surface area contributed by atoms with Gasteiger partial charge in [-0.2, -0.15) is 0 Å². The molecule has 11 heteroatoms. The van der Waals surface area contributed by atoms with E-state index in [0.717, 1.165) is 17.0 Å². The molecule has 0 aliphatic heterocycles. The summed E-state index contributed by atoms with van der Waals surface area (Å²) in [6, 6.07) is 8.78. The Kier molecular flexibility index (Phi) is 10.9. The topological polar surface area (TPSA) is 86.8 Å². The predicted molar refractivity (Wildman–Crippen MR) is 147 cm³/mol. The first-order valence-corrected chi connectivity index (χ1v) is 14.5. The highest BCUT2D eigenvalue weighted by atomic mass is 35.5. The Labute approximate surface area is 228 Å². The van der Waals surface area contributed by atoms with Crippen molar-refractivity contribution in [3.8, 4) is 0 Å². The van der Waals surface area contributed by atoms with Gasteiger partial charge in [0.1, 0.15) is 12.6 Å². The Bertz CT molecular complexity index is 1210. The van der Waals surface area contributed by atoms with E-state index in [1.165, 1.54) is 4.90 Å². The summed E-state index contributed by atoms with van der Waals surface area (Å²) in [5.74, 6) is -0.882. The highest BCUT2D eigenvalue weighted by Crippen LogP contribution is 2.29. The number of amides is 2. The van der Waals surface area contributed by atoms with Gasteiger partial charge in [0.2, 0.25) is 21.8 Å². The first-order valence-electron chi connectivity index (χ1n) is 11.6. The van der Waals surface area contributed by atoms with Gasteiger partial charge in [-0.15, -0.1) is 0 Å². The van der Waals surface area contributed by atoms with E-state index >= 15 is 0 Å². The minimum absolute atomic E-state index is 0.00655. The maximum Gasteiger partial charge on any atom is 0.244 e. The summed E-state index contributed by atoms with van der Waals surface area (Å²) in [5, 5.41) is 4.06. The minimum atomic E-state index is -3.86. The van der Waals surface area contributed by atoms with Gasteiger partial charge >= 0.3 is 0 Å². The number of hydrogen-bond acceptors (Lipinski definition) is 4. The van der Waals surface area contributed by atoms with Crippen LogP contribution in [0.2, 0.25) is 15.1 Å². The summed E-state index contributed by atoms with van der Waals surface area (Å²) in [5.41, 5.74) is 1.39. The third-order valence-electron chi connectivity index (χ3n) is 5.93. The van der Waals surface area contributed by atoms with Crippen molar-refractivity contribution in [3.63, 3.8) is 0 Å². The number of halogens is 3. The summed E-state index contributed by atoms with van der Waals surface area (Å²) >= 11 is 18.6. The number of carbonyl (C=O) groups is 2. The lowest BCUT2D eigenvalue weighted by molar-refractivity contribution is -0.140. The zero-order valence-electron chi connectivity index (χ0n) is 21.0. The van der Waals surface area contributed by atoms with Gasteiger partial charge in [0, 0.05) is 27.7 Å². The average Bonchev–Trinajstić information content (AvgIpc) is 2.79. The van der Waals surface area contributed by atoms with Gasteiger partial charge in [-0.1, -0.05) is 60.8 Å². The van der Waals surface area contributed by atoms with Crippen molar-refractivity contribution in [3.05, 3.63) is 62.6 Å². The maximum atomic E-state index is 13.8. The molecule has 7 nitrogen and oxygen atoms in total. The number of rotatable bonds is 11. The first kappa shape index (κ1) is 30.2. The van der Waals surface area contributed by atoms with Crippen molar-refractivity contribution < 1.29 is 18.0 Å². The van der Waals surface area contributed by atoms with E-state index in [2.05, 4.69) is 5.32 Å². The Morgan fingerprint density at radius 3 is 2.25 bits per heavy atom. The summed E-state index contributed by atoms with van der Waals surface area (Å²) in [6.45, 7) is 6.77. The molecule has 2 amide bonds. The van der Waals surface area contributed by atoms with Crippen LogP contribution in [0.1, 0.15) is 44.7 Å². The fourth-order valence-electron chi connectivity index (χ4n) is 3.66. The zero-order chi connectivity index (χ0) is 27.2. The molecule has 0 saturated carbocycles. The summed E-state index contributed by atoms with van der Waals surface area (Å²) in [4.78, 5) is 28.3. The van der Waals surface area contributed by atoms with Crippen molar-refractivity contribution in [1.82, 2.24) is 10.2 Å². The van der Waals surface area contributed by atoms with Gasteiger partial charge in [-0.3, -0.25) is 13.9 Å². The number of nitrogens with zero attached hydrogens (tertiary/aromatic N) is 2. The lowest BCUT2D eigenvalue weighted by atomic mass is 10.1. The Morgan fingerprint density at radius 1 is 1.03 bits per heavy atom. The molecule has 0 aliphatic carbocycles. The highest BCUT2D eigenvalue weighted by molar-refractivity contribution is 7.92. The zero-order valence-corrected chi connectivity index (χ0v) is 24.1. The van der Waals surface area contributed by atoms with Gasteiger partial charge in [0.15, 0.2) is 0 Å². The van der Waals surface area contributed by atoms with Crippen LogP contribution < -0.4 is 9.62 Å². The lowest BCUT2D eigenvalue weighted by Crippen LogP contribution is -2.53. The van der Waals surface area contributed by atoms with Crippen LogP contribution in [0.5, 0.6) is 0 Å². The van der Waals surface area contributed by atoms with Crippen molar-refractivity contribution >= 4 is 62.3 Å². The fourth-order valence-corrected chi connectivity index (χ4v) is 5.19. The van der Waals surface area contributed by atoms with Crippen molar-refractivity contribution in [2.75, 3.05) is 17.1 Å². The molecule has 2 atom stereocenters. The van der Waals surface area contributed by atoms with Gasteiger partial charge in [-0.05, 0) is 62.1 Å². The van der Waals surface area contributed by atoms with E-state index in [-0.39, 0.29) is 18.5 Å². The van der Waals surface area contributed by atoms with E-state index in [1.54, 1.807) is 50.2 Å². The molecule has 0 bridgehead atoms. The fraction of sp³-hybridized carbons (Fsp3) is 0.440. The van der Waals surface area contributed by atoms with E-state index in [9.17, 15) is 18.0 Å². The van der Waals surface area contributed by atoms with Crippen molar-refractivity contribution in [1.29, 1.82) is 0 Å². The first-order chi connectivity index (χ1) is 16.8. The summed E-state index contributed by atoms with van der Waals surface area (Å²) in [6.07, 6.45) is 2.05. The quantitative estimate of drug-likeness (QED) is 0.386. The smallest absolute Gasteiger partial charge is 0.244 e. The van der Waals surface area contributed by atoms with E-state index in [1.807, 2.05) is 13.8 Å². The highest BCUT2D eigenvalue weighted by Gasteiger charge is 2.33. The molecule has 2 aromatic carbocycles. The number of nitrogens with one attached hydrogen (secondary N) is 1. The van der Waals surface area contributed by atoms with Crippen molar-refractivity contribution in [2.24, 2.45) is 0 Å². The molecular formula is C25H32Cl3N3O4S. The monoisotopic (exact) mass is 575 g/mol. The van der Waals surface area contributed by atoms with E-state index in [0.29, 0.717) is 38.3 Å². The van der Waals surface area contributed by atoms with Gasteiger partial charge in [0.05, 0.1) is 11.9 Å². The predicted octanol–water partition coefficient (Wildman–Crippen LogP) is 5.44. The largest absolute Gasteiger partial charge is 0.352 e. The molecule has 0 aromatic heterocycles. The average molecular weight is 577 g/mol. The third kappa shape index (κ3) is 7.75. The molecule has 0 unspecified atom stereocenters. The minimum Gasteiger partial charge on any atom is -0.352 e. The maximum absolute atomic E-state index is 13.8. The molecule has 2 rings (SSSR count). The molecule has 36 heavy (non-hydrogen) atoms. The molecule has 2 aromatic rings. The number of benzene rings is 2. The Morgan fingerprint density at radius 2 is 1.69 bits per heavy atom. The number of hydrogen-bond donors (Lipinski definition) is 1. The van der Waals surface area contributed by atoms with E-state index < -0.39 is 28.5 Å². The second-order valence-electron chi connectivity index (χ2n) is 8.65. The lowest BCUT2D eigenvalue weighted by Gasteiger charge is -2.34. The summed E-state index contributed by atoms with van der Waals surface area (Å²) in [7, 11) is -3.86. The van der Waals surface area contributed by atoms with Gasteiger partial charge in [0.25, 0.3) is 0 Å². The van der Waals surface area contributed by atoms with Crippen LogP contribution >= 0.6 is 34.8 Å². The standard InChI is InChI=1S/C25H32Cl3N3O4S/c1-6-16(3)29-25(33)22(7-2)30(14-18-11-12-19(26)13-21(18)28)24(32)15-31(36(5,34)35)23-10-8-9-20(27)17(23)4/h8-13,16,22H,6-7,14-15H2,1-5H3,(H,29,33)/t16-,22-/m1/s1. The van der Waals surface area contributed by atoms with Gasteiger partial charge in [-0.25, -0.2) is 8.42 Å². The number of carbonyl (C=O) groups excluding carboxylic acids is 2. The SMILES string of the molecule is CC[C@@H](C)NC(=O)[C@@H](CC)N(Cc1ccc(Cl)cc1Cl)C(=O)CN(c1cccc(Cl)c1C)S(C)(=O)=O. The molecule has 0 saturated heterocycles. The molecule has 198 valence electrons. The van der Waals surface area contributed by atoms with Crippen LogP contribution in [0, 0.1) is 6.92 Å². The van der Waals surface area contributed by atoms with Crippen LogP contribution in [0.25, 0.3) is 0 Å². The molecule has 0 spiro atoms. The van der Waals surface area contributed by atoms with Crippen LogP contribution in [-0.4, -0.2) is 50.0 Å². The Hall–Kier alpha value is -2.00. The van der Waals surface area contributed by atoms with Crippen LogP contribution in [0.3, 0.4) is 0 Å². The third-order valence-corrected chi connectivity index (χ3v) is 8.05. The van der Waals surface area contributed by atoms with Crippen molar-refractivity contribution in [2.45, 2.75) is 59.2 Å².